The largest absolute Gasteiger partial charge is 0.379 e. The summed E-state index contributed by atoms with van der Waals surface area (Å²) in [4.78, 5) is 19.1. The van der Waals surface area contributed by atoms with E-state index in [0.29, 0.717) is 18.5 Å². The minimum absolute atomic E-state index is 0.0405. The van der Waals surface area contributed by atoms with Crippen LogP contribution in [-0.2, 0) is 17.7 Å². The lowest BCUT2D eigenvalue weighted by Gasteiger charge is -2.14. The average Bonchev–Trinajstić information content (AvgIpc) is 3.14. The Hall–Kier alpha value is -1.63. The molecule has 0 N–H and O–H groups in total. The molecule has 3 rings (SSSR count). The summed E-state index contributed by atoms with van der Waals surface area (Å²) in [5.41, 5.74) is 0.810. The molecule has 1 aromatic carbocycles. The minimum atomic E-state index is 0.0405. The third kappa shape index (κ3) is 4.96. The van der Waals surface area contributed by atoms with E-state index >= 15 is 0 Å². The first kappa shape index (κ1) is 19.1. The predicted molar refractivity (Wildman–Crippen MR) is 110 cm³/mol. The van der Waals surface area contributed by atoms with Crippen molar-refractivity contribution in [1.29, 1.82) is 0 Å². The van der Waals surface area contributed by atoms with Crippen molar-refractivity contribution in [3.8, 4) is 0 Å². The van der Waals surface area contributed by atoms with Crippen LogP contribution in [0.3, 0.4) is 0 Å². The third-order valence-electron chi connectivity index (χ3n) is 3.96. The first-order valence-electron chi connectivity index (χ1n) is 8.91. The fourth-order valence-corrected chi connectivity index (χ4v) is 4.53. The Bertz CT molecular complexity index is 888. The van der Waals surface area contributed by atoms with E-state index in [4.69, 9.17) is 9.72 Å². The van der Waals surface area contributed by atoms with E-state index in [1.807, 2.05) is 42.7 Å². The van der Waals surface area contributed by atoms with Gasteiger partial charge in [0.25, 0.3) is 5.56 Å². The number of nitrogens with zero attached hydrogens (tertiary/aromatic N) is 2. The molecule has 6 heteroatoms. The summed E-state index contributed by atoms with van der Waals surface area (Å²) in [6, 6.07) is 11.8. The number of hydrogen-bond donors (Lipinski definition) is 0. The summed E-state index contributed by atoms with van der Waals surface area (Å²) in [5.74, 6) is 0.911. The molecule has 0 fully saturated rings. The van der Waals surface area contributed by atoms with Gasteiger partial charge < -0.3 is 4.74 Å². The SMILES string of the molecule is CC(C)OCCCn1c(SCCc2cccs2)nc2ccccc2c1=O. The maximum Gasteiger partial charge on any atom is 0.262 e. The Morgan fingerprint density at radius 2 is 2.08 bits per heavy atom. The van der Waals surface area contributed by atoms with Crippen LogP contribution in [0.25, 0.3) is 10.9 Å². The Kier molecular flexibility index (Phi) is 6.88. The van der Waals surface area contributed by atoms with E-state index in [1.54, 1.807) is 23.1 Å². The molecule has 3 aromatic rings. The van der Waals surface area contributed by atoms with Crippen molar-refractivity contribution in [3.63, 3.8) is 0 Å². The molecule has 0 bridgehead atoms. The number of rotatable bonds is 9. The van der Waals surface area contributed by atoms with Crippen LogP contribution in [0.1, 0.15) is 25.1 Å². The van der Waals surface area contributed by atoms with Crippen LogP contribution in [0.15, 0.2) is 51.7 Å². The van der Waals surface area contributed by atoms with Gasteiger partial charge in [-0.15, -0.1) is 11.3 Å². The first-order chi connectivity index (χ1) is 12.6. The Balaban J connectivity index is 1.78. The van der Waals surface area contributed by atoms with E-state index in [2.05, 4.69) is 17.5 Å². The van der Waals surface area contributed by atoms with E-state index in [1.165, 1.54) is 4.88 Å². The molecule has 0 atom stereocenters. The van der Waals surface area contributed by atoms with Gasteiger partial charge in [-0.3, -0.25) is 9.36 Å². The zero-order valence-corrected chi connectivity index (χ0v) is 16.8. The number of thioether (sulfide) groups is 1. The van der Waals surface area contributed by atoms with Crippen molar-refractivity contribution >= 4 is 34.0 Å². The van der Waals surface area contributed by atoms with Gasteiger partial charge in [0.15, 0.2) is 5.16 Å². The molecule has 0 radical (unpaired) electrons. The standard InChI is InChI=1S/C20H24N2O2S2/c1-15(2)24-12-6-11-22-19(23)17-8-3-4-9-18(17)21-20(22)26-14-10-16-7-5-13-25-16/h3-5,7-9,13,15H,6,10-12,14H2,1-2H3. The zero-order chi connectivity index (χ0) is 18.4. The Morgan fingerprint density at radius 1 is 1.23 bits per heavy atom. The highest BCUT2D eigenvalue weighted by Gasteiger charge is 2.11. The highest BCUT2D eigenvalue weighted by atomic mass is 32.2. The summed E-state index contributed by atoms with van der Waals surface area (Å²) in [5, 5.41) is 3.58. The normalized spacial score (nSPS) is 11.5. The van der Waals surface area contributed by atoms with Crippen molar-refractivity contribution in [2.75, 3.05) is 12.4 Å². The Labute approximate surface area is 162 Å². The number of aryl methyl sites for hydroxylation is 1. The Morgan fingerprint density at radius 3 is 2.85 bits per heavy atom. The monoisotopic (exact) mass is 388 g/mol. The second-order valence-corrected chi connectivity index (χ2v) is 8.41. The number of hydrogen-bond acceptors (Lipinski definition) is 5. The van der Waals surface area contributed by atoms with Crippen molar-refractivity contribution in [3.05, 3.63) is 57.0 Å². The second-order valence-electron chi connectivity index (χ2n) is 6.32. The van der Waals surface area contributed by atoms with Crippen LogP contribution < -0.4 is 5.56 Å². The van der Waals surface area contributed by atoms with E-state index in [0.717, 1.165) is 29.3 Å². The molecule has 2 aromatic heterocycles. The molecule has 0 saturated heterocycles. The van der Waals surface area contributed by atoms with Gasteiger partial charge in [-0.1, -0.05) is 30.0 Å². The summed E-state index contributed by atoms with van der Waals surface area (Å²) in [6.45, 7) is 5.33. The van der Waals surface area contributed by atoms with Gasteiger partial charge in [-0.2, -0.15) is 0 Å². The lowest BCUT2D eigenvalue weighted by Crippen LogP contribution is -2.24. The number of para-hydroxylation sites is 1. The number of ether oxygens (including phenoxy) is 1. The molecule has 0 unspecified atom stereocenters. The molecule has 138 valence electrons. The molecule has 0 spiro atoms. The smallest absolute Gasteiger partial charge is 0.262 e. The maximum atomic E-state index is 12.9. The van der Waals surface area contributed by atoms with Gasteiger partial charge in [-0.05, 0) is 50.3 Å². The summed E-state index contributed by atoms with van der Waals surface area (Å²) >= 11 is 3.43. The van der Waals surface area contributed by atoms with Gasteiger partial charge in [0.2, 0.25) is 0 Å². The highest BCUT2D eigenvalue weighted by Crippen LogP contribution is 2.20. The van der Waals surface area contributed by atoms with Gasteiger partial charge in [-0.25, -0.2) is 4.98 Å². The molecule has 0 aliphatic heterocycles. The fraction of sp³-hybridized carbons (Fsp3) is 0.400. The van der Waals surface area contributed by atoms with Crippen molar-refractivity contribution in [1.82, 2.24) is 9.55 Å². The number of benzene rings is 1. The summed E-state index contributed by atoms with van der Waals surface area (Å²) < 4.78 is 7.43. The molecule has 4 nitrogen and oxygen atoms in total. The van der Waals surface area contributed by atoms with Crippen LogP contribution in [0, 0.1) is 0 Å². The molecular formula is C20H24N2O2S2. The van der Waals surface area contributed by atoms with E-state index in [9.17, 15) is 4.79 Å². The predicted octanol–water partition coefficient (Wildman–Crippen LogP) is 4.61. The van der Waals surface area contributed by atoms with Crippen LogP contribution in [0.4, 0.5) is 0 Å². The molecular weight excluding hydrogens is 364 g/mol. The van der Waals surface area contributed by atoms with Gasteiger partial charge in [0.1, 0.15) is 0 Å². The van der Waals surface area contributed by atoms with Crippen molar-refractivity contribution in [2.24, 2.45) is 0 Å². The minimum Gasteiger partial charge on any atom is -0.379 e. The zero-order valence-electron chi connectivity index (χ0n) is 15.2. The summed E-state index contributed by atoms with van der Waals surface area (Å²) in [7, 11) is 0. The molecule has 0 amide bonds. The molecule has 2 heterocycles. The van der Waals surface area contributed by atoms with Crippen LogP contribution in [0.5, 0.6) is 0 Å². The number of thiophene rings is 1. The lowest BCUT2D eigenvalue weighted by atomic mass is 10.2. The highest BCUT2D eigenvalue weighted by molar-refractivity contribution is 7.99. The average molecular weight is 389 g/mol. The second kappa shape index (κ2) is 9.35. The molecule has 0 saturated carbocycles. The summed E-state index contributed by atoms with van der Waals surface area (Å²) in [6.07, 6.45) is 2.00. The van der Waals surface area contributed by atoms with E-state index in [-0.39, 0.29) is 11.7 Å². The maximum absolute atomic E-state index is 12.9. The van der Waals surface area contributed by atoms with Crippen LogP contribution >= 0.6 is 23.1 Å². The lowest BCUT2D eigenvalue weighted by molar-refractivity contribution is 0.0743. The first-order valence-corrected chi connectivity index (χ1v) is 10.8. The number of fused-ring (bicyclic) bond motifs is 1. The molecule has 0 aliphatic carbocycles. The van der Waals surface area contributed by atoms with Crippen LogP contribution in [-0.4, -0.2) is 28.0 Å². The fourth-order valence-electron chi connectivity index (χ4n) is 2.69. The van der Waals surface area contributed by atoms with Crippen molar-refractivity contribution < 1.29 is 4.74 Å². The molecule has 26 heavy (non-hydrogen) atoms. The third-order valence-corrected chi connectivity index (χ3v) is 5.88. The van der Waals surface area contributed by atoms with Gasteiger partial charge in [0.05, 0.1) is 17.0 Å². The van der Waals surface area contributed by atoms with Crippen LogP contribution in [0.2, 0.25) is 0 Å². The van der Waals surface area contributed by atoms with Gasteiger partial charge >= 0.3 is 0 Å². The number of aromatic nitrogens is 2. The quantitative estimate of drug-likeness (QED) is 0.305. The van der Waals surface area contributed by atoms with Gasteiger partial charge in [0, 0.05) is 23.8 Å². The topological polar surface area (TPSA) is 44.1 Å². The molecule has 0 aliphatic rings. The van der Waals surface area contributed by atoms with Crippen molar-refractivity contribution in [2.45, 2.75) is 44.5 Å². The van der Waals surface area contributed by atoms with E-state index < -0.39 is 0 Å².